The fraction of sp³-hybridized carbons (Fsp3) is 0.655. The summed E-state index contributed by atoms with van der Waals surface area (Å²) in [4.78, 5) is 53.9. The summed E-state index contributed by atoms with van der Waals surface area (Å²) in [6, 6.07) is 5.74. The molecule has 0 saturated carbocycles. The fourth-order valence-corrected chi connectivity index (χ4v) is 5.11. The number of rotatable bonds is 6. The van der Waals surface area contributed by atoms with Gasteiger partial charge >= 0.3 is 6.09 Å². The molecule has 1 fully saturated rings. The van der Waals surface area contributed by atoms with E-state index < -0.39 is 41.1 Å². The summed E-state index contributed by atoms with van der Waals surface area (Å²) in [5.41, 5.74) is 1.09. The zero-order valence-electron chi connectivity index (χ0n) is 23.8. The second-order valence-electron chi connectivity index (χ2n) is 12.5. The fourth-order valence-electron chi connectivity index (χ4n) is 5.11. The van der Waals surface area contributed by atoms with Gasteiger partial charge in [-0.3, -0.25) is 14.4 Å². The monoisotopic (exact) mass is 528 g/mol. The van der Waals surface area contributed by atoms with Gasteiger partial charge in [-0.15, -0.1) is 0 Å². The molecule has 1 saturated heterocycles. The SMILES string of the molecule is C[C@H](NC(=O)OC(C)(C)C)C(=O)N[C@@H](C(=O)N1CCC[C@@H]1C(=O)N[C@@H]1CCCc2ccccc21)C(C)(C)C. The molecule has 4 atom stereocenters. The Labute approximate surface area is 226 Å². The van der Waals surface area contributed by atoms with Crippen molar-refractivity contribution in [3.63, 3.8) is 0 Å². The Morgan fingerprint density at radius 2 is 1.66 bits per heavy atom. The van der Waals surface area contributed by atoms with Crippen molar-refractivity contribution in [2.75, 3.05) is 6.54 Å². The lowest BCUT2D eigenvalue weighted by Gasteiger charge is -2.36. The lowest BCUT2D eigenvalue weighted by atomic mass is 9.85. The first-order chi connectivity index (χ1) is 17.7. The minimum absolute atomic E-state index is 0.0668. The smallest absolute Gasteiger partial charge is 0.408 e. The van der Waals surface area contributed by atoms with E-state index >= 15 is 0 Å². The zero-order chi connectivity index (χ0) is 28.3. The highest BCUT2D eigenvalue weighted by Gasteiger charge is 2.42. The molecule has 3 N–H and O–H groups in total. The zero-order valence-corrected chi connectivity index (χ0v) is 23.8. The van der Waals surface area contributed by atoms with Crippen LogP contribution in [0.15, 0.2) is 24.3 Å². The lowest BCUT2D eigenvalue weighted by Crippen LogP contribution is -2.60. The minimum atomic E-state index is -0.911. The van der Waals surface area contributed by atoms with E-state index in [0.29, 0.717) is 19.4 Å². The second-order valence-corrected chi connectivity index (χ2v) is 12.5. The van der Waals surface area contributed by atoms with E-state index in [1.165, 1.54) is 12.5 Å². The predicted octanol–water partition coefficient (Wildman–Crippen LogP) is 3.62. The molecule has 1 aromatic carbocycles. The Hall–Kier alpha value is -3.10. The topological polar surface area (TPSA) is 117 Å². The number of ether oxygens (including phenoxy) is 1. The van der Waals surface area contributed by atoms with E-state index in [4.69, 9.17) is 4.74 Å². The number of benzene rings is 1. The van der Waals surface area contributed by atoms with Crippen LogP contribution in [0.1, 0.15) is 91.3 Å². The van der Waals surface area contributed by atoms with Crippen LogP contribution in [-0.4, -0.2) is 59.0 Å². The van der Waals surface area contributed by atoms with Crippen molar-refractivity contribution in [1.82, 2.24) is 20.9 Å². The number of hydrogen-bond donors (Lipinski definition) is 3. The van der Waals surface area contributed by atoms with E-state index in [9.17, 15) is 19.2 Å². The molecule has 0 aromatic heterocycles. The van der Waals surface area contributed by atoms with Crippen LogP contribution >= 0.6 is 0 Å². The third-order valence-electron chi connectivity index (χ3n) is 7.05. The molecule has 0 bridgehead atoms. The Morgan fingerprint density at radius 1 is 0.974 bits per heavy atom. The normalized spacial score (nSPS) is 21.1. The number of likely N-dealkylation sites (tertiary alicyclic amines) is 1. The summed E-state index contributed by atoms with van der Waals surface area (Å²) >= 11 is 0. The largest absolute Gasteiger partial charge is 0.444 e. The molecule has 0 radical (unpaired) electrons. The van der Waals surface area contributed by atoms with Crippen molar-refractivity contribution in [3.8, 4) is 0 Å². The van der Waals surface area contributed by atoms with Gasteiger partial charge in [0.15, 0.2) is 0 Å². The van der Waals surface area contributed by atoms with Gasteiger partial charge in [0.05, 0.1) is 6.04 Å². The summed E-state index contributed by atoms with van der Waals surface area (Å²) in [7, 11) is 0. The van der Waals surface area contributed by atoms with Gasteiger partial charge in [-0.2, -0.15) is 0 Å². The van der Waals surface area contributed by atoms with Crippen molar-refractivity contribution >= 4 is 23.8 Å². The van der Waals surface area contributed by atoms with Crippen LogP contribution in [-0.2, 0) is 25.5 Å². The van der Waals surface area contributed by atoms with Crippen molar-refractivity contribution in [3.05, 3.63) is 35.4 Å². The van der Waals surface area contributed by atoms with Gasteiger partial charge in [-0.25, -0.2) is 4.79 Å². The molecule has 0 unspecified atom stereocenters. The number of carbonyl (C=O) groups excluding carboxylic acids is 4. The minimum Gasteiger partial charge on any atom is -0.444 e. The molecule has 4 amide bonds. The molecule has 1 heterocycles. The number of alkyl carbamates (subject to hydrolysis) is 1. The molecular formula is C29H44N4O5. The average molecular weight is 529 g/mol. The second kappa shape index (κ2) is 11.7. The van der Waals surface area contributed by atoms with Crippen molar-refractivity contribution in [2.24, 2.45) is 5.41 Å². The molecule has 38 heavy (non-hydrogen) atoms. The number of carbonyl (C=O) groups is 4. The molecule has 9 heteroatoms. The van der Waals surface area contributed by atoms with Crippen LogP contribution < -0.4 is 16.0 Å². The Balaban J connectivity index is 1.68. The summed E-state index contributed by atoms with van der Waals surface area (Å²) in [5.74, 6) is -0.948. The van der Waals surface area contributed by atoms with E-state index in [0.717, 1.165) is 24.8 Å². The first-order valence-electron chi connectivity index (χ1n) is 13.7. The van der Waals surface area contributed by atoms with Crippen molar-refractivity contribution in [1.29, 1.82) is 0 Å². The number of nitrogens with zero attached hydrogens (tertiary/aromatic N) is 1. The van der Waals surface area contributed by atoms with Gasteiger partial charge in [-0.05, 0) is 76.3 Å². The Morgan fingerprint density at radius 3 is 2.32 bits per heavy atom. The van der Waals surface area contributed by atoms with Crippen LogP contribution in [0.3, 0.4) is 0 Å². The van der Waals surface area contributed by atoms with Gasteiger partial charge in [-0.1, -0.05) is 45.0 Å². The quantitative estimate of drug-likeness (QED) is 0.522. The standard InChI is InChI=1S/C29H44N4O5/c1-18(30-27(37)38-29(5,6)7)24(34)32-23(28(2,3)4)26(36)33-17-11-16-22(33)25(35)31-21-15-10-13-19-12-8-9-14-20(19)21/h8-9,12,14,18,21-23H,10-11,13,15-17H2,1-7H3,(H,30,37)(H,31,35)(H,32,34)/t18-,21+,22+,23-/m0/s1. The first-order valence-corrected chi connectivity index (χ1v) is 13.7. The van der Waals surface area contributed by atoms with Crippen LogP contribution in [0.4, 0.5) is 4.79 Å². The maximum atomic E-state index is 13.8. The number of hydrogen-bond acceptors (Lipinski definition) is 5. The molecule has 210 valence electrons. The molecular weight excluding hydrogens is 484 g/mol. The molecule has 2 aliphatic rings. The van der Waals surface area contributed by atoms with Crippen molar-refractivity contribution < 1.29 is 23.9 Å². The highest BCUT2D eigenvalue weighted by Crippen LogP contribution is 2.31. The van der Waals surface area contributed by atoms with E-state index in [1.54, 1.807) is 25.7 Å². The van der Waals surface area contributed by atoms with Crippen molar-refractivity contribution in [2.45, 2.75) is 110 Å². The predicted molar refractivity (Wildman–Crippen MR) is 145 cm³/mol. The van der Waals surface area contributed by atoms with Crippen LogP contribution in [0.5, 0.6) is 0 Å². The number of fused-ring (bicyclic) bond motifs is 1. The summed E-state index contributed by atoms with van der Waals surface area (Å²) in [6.45, 7) is 12.8. The van der Waals surface area contributed by atoms with Gasteiger partial charge in [0.2, 0.25) is 17.7 Å². The Bertz CT molecular complexity index is 1040. The molecule has 1 aliphatic heterocycles. The number of nitrogens with one attached hydrogen (secondary N) is 3. The third-order valence-corrected chi connectivity index (χ3v) is 7.05. The lowest BCUT2D eigenvalue weighted by molar-refractivity contribution is -0.144. The summed E-state index contributed by atoms with van der Waals surface area (Å²) in [5, 5.41) is 8.54. The average Bonchev–Trinajstić information content (AvgIpc) is 3.30. The van der Waals surface area contributed by atoms with Gasteiger partial charge < -0.3 is 25.6 Å². The number of aryl methyl sites for hydroxylation is 1. The summed E-state index contributed by atoms with van der Waals surface area (Å²) < 4.78 is 5.23. The highest BCUT2D eigenvalue weighted by atomic mass is 16.6. The maximum Gasteiger partial charge on any atom is 0.408 e. The van der Waals surface area contributed by atoms with Gasteiger partial charge in [0.25, 0.3) is 0 Å². The Kier molecular flexibility index (Phi) is 9.10. The van der Waals surface area contributed by atoms with Crippen LogP contribution in [0, 0.1) is 5.41 Å². The van der Waals surface area contributed by atoms with Crippen LogP contribution in [0.25, 0.3) is 0 Å². The van der Waals surface area contributed by atoms with Gasteiger partial charge in [0.1, 0.15) is 23.7 Å². The molecule has 1 aromatic rings. The van der Waals surface area contributed by atoms with E-state index in [2.05, 4.69) is 28.1 Å². The molecule has 9 nitrogen and oxygen atoms in total. The third kappa shape index (κ3) is 7.48. The van der Waals surface area contributed by atoms with Gasteiger partial charge in [0, 0.05) is 6.54 Å². The van der Waals surface area contributed by atoms with E-state index in [-0.39, 0.29) is 17.9 Å². The highest BCUT2D eigenvalue weighted by molar-refractivity contribution is 5.94. The van der Waals surface area contributed by atoms with E-state index in [1.807, 2.05) is 32.9 Å². The molecule has 0 spiro atoms. The number of amides is 4. The molecule has 1 aliphatic carbocycles. The van der Waals surface area contributed by atoms with Crippen LogP contribution in [0.2, 0.25) is 0 Å². The molecule has 3 rings (SSSR count). The maximum absolute atomic E-state index is 13.8. The first kappa shape index (κ1) is 29.5. The summed E-state index contributed by atoms with van der Waals surface area (Å²) in [6.07, 6.45) is 3.46.